The van der Waals surface area contributed by atoms with Crippen LogP contribution >= 0.6 is 0 Å². The van der Waals surface area contributed by atoms with Crippen molar-refractivity contribution in [3.63, 3.8) is 0 Å². The van der Waals surface area contributed by atoms with Crippen molar-refractivity contribution in [1.82, 2.24) is 35.3 Å². The standard InChI is InChI=1S/C33H48N8O7/c1-32(2,3)48-31(46)38-33(4,5)27(42)39-17-19-40(20-18-39)28(43)36-26-15-16-41(29(44)37-26)24-11-7-22(8-12-24)21-35-23-9-13-25(14-10-23)47-30(45)34-6/h7-8,11-12,15-16,23,25,35H,9-10,13-14,17-21H2,1-6H3,(H,34,45)(H,38,46)(H,36,37,43,44). The van der Waals surface area contributed by atoms with E-state index in [1.165, 1.54) is 4.57 Å². The molecule has 15 nitrogen and oxygen atoms in total. The van der Waals surface area contributed by atoms with Gasteiger partial charge in [-0.15, -0.1) is 0 Å². The average molecular weight is 669 g/mol. The Labute approximate surface area is 280 Å². The molecule has 0 bridgehead atoms. The van der Waals surface area contributed by atoms with Crippen LogP contribution in [0.2, 0.25) is 0 Å². The Kier molecular flexibility index (Phi) is 11.7. The molecule has 1 aromatic carbocycles. The van der Waals surface area contributed by atoms with E-state index in [0.717, 1.165) is 31.2 Å². The number of nitrogens with zero attached hydrogens (tertiary/aromatic N) is 4. The van der Waals surface area contributed by atoms with Crippen molar-refractivity contribution in [1.29, 1.82) is 0 Å². The summed E-state index contributed by atoms with van der Waals surface area (Å²) in [6, 6.07) is 9.06. The summed E-state index contributed by atoms with van der Waals surface area (Å²) in [6.45, 7) is 10.2. The molecule has 2 aliphatic rings. The summed E-state index contributed by atoms with van der Waals surface area (Å²) >= 11 is 0. The molecule has 2 heterocycles. The van der Waals surface area contributed by atoms with Crippen LogP contribution in [0, 0.1) is 0 Å². The summed E-state index contributed by atoms with van der Waals surface area (Å²) in [4.78, 5) is 69.7. The smallest absolute Gasteiger partial charge is 0.408 e. The zero-order chi connectivity index (χ0) is 35.1. The van der Waals surface area contributed by atoms with Gasteiger partial charge in [0.05, 0.1) is 5.69 Å². The fraction of sp³-hybridized carbons (Fsp3) is 0.576. The third-order valence-electron chi connectivity index (χ3n) is 8.20. The van der Waals surface area contributed by atoms with E-state index in [1.54, 1.807) is 63.7 Å². The highest BCUT2D eigenvalue weighted by Gasteiger charge is 2.37. The molecule has 48 heavy (non-hydrogen) atoms. The van der Waals surface area contributed by atoms with Crippen molar-refractivity contribution >= 4 is 29.9 Å². The summed E-state index contributed by atoms with van der Waals surface area (Å²) < 4.78 is 12.0. The molecule has 15 heteroatoms. The quantitative estimate of drug-likeness (QED) is 0.330. The second-order valence-corrected chi connectivity index (χ2v) is 13.6. The van der Waals surface area contributed by atoms with E-state index in [2.05, 4.69) is 26.3 Å². The molecule has 2 fully saturated rings. The molecule has 2 aromatic rings. The van der Waals surface area contributed by atoms with Gasteiger partial charge in [0.2, 0.25) is 5.91 Å². The Morgan fingerprint density at radius 3 is 2.08 bits per heavy atom. The maximum Gasteiger partial charge on any atom is 0.408 e. The van der Waals surface area contributed by atoms with Crippen LogP contribution in [0.25, 0.3) is 5.69 Å². The molecule has 4 N–H and O–H groups in total. The lowest BCUT2D eigenvalue weighted by molar-refractivity contribution is -0.138. The van der Waals surface area contributed by atoms with E-state index < -0.39 is 35.0 Å². The number of amides is 5. The average Bonchev–Trinajstić information content (AvgIpc) is 3.03. The number of rotatable bonds is 8. The Bertz CT molecular complexity index is 1500. The molecule has 1 aliphatic heterocycles. The summed E-state index contributed by atoms with van der Waals surface area (Å²) in [6.07, 6.45) is 3.94. The van der Waals surface area contributed by atoms with Crippen LogP contribution < -0.4 is 27.0 Å². The van der Waals surface area contributed by atoms with Crippen molar-refractivity contribution in [3.8, 4) is 5.69 Å². The number of aromatic nitrogens is 2. The Hall–Kier alpha value is -4.66. The number of nitrogens with one attached hydrogen (secondary N) is 4. The van der Waals surface area contributed by atoms with E-state index in [-0.39, 0.29) is 44.0 Å². The monoisotopic (exact) mass is 668 g/mol. The topological polar surface area (TPSA) is 176 Å². The Balaban J connectivity index is 1.23. The van der Waals surface area contributed by atoms with Gasteiger partial charge in [0.15, 0.2) is 0 Å². The second-order valence-electron chi connectivity index (χ2n) is 13.6. The highest BCUT2D eigenvalue weighted by molar-refractivity contribution is 5.90. The number of alkyl carbamates (subject to hydrolysis) is 2. The van der Waals surface area contributed by atoms with Crippen LogP contribution in [0.4, 0.5) is 20.2 Å². The van der Waals surface area contributed by atoms with Gasteiger partial charge in [-0.3, -0.25) is 14.7 Å². The number of ether oxygens (including phenoxy) is 2. The molecule has 1 saturated heterocycles. The predicted molar refractivity (Wildman–Crippen MR) is 179 cm³/mol. The van der Waals surface area contributed by atoms with Gasteiger partial charge in [0, 0.05) is 52.0 Å². The van der Waals surface area contributed by atoms with E-state index in [1.807, 2.05) is 24.3 Å². The number of piperazine rings is 1. The predicted octanol–water partition coefficient (Wildman–Crippen LogP) is 2.97. The lowest BCUT2D eigenvalue weighted by atomic mass is 9.93. The number of carbonyl (C=O) groups is 4. The minimum Gasteiger partial charge on any atom is -0.446 e. The number of hydrogen-bond acceptors (Lipinski definition) is 9. The van der Waals surface area contributed by atoms with Crippen LogP contribution in [-0.2, 0) is 20.8 Å². The van der Waals surface area contributed by atoms with Crippen LogP contribution in [0.1, 0.15) is 65.9 Å². The van der Waals surface area contributed by atoms with E-state index in [4.69, 9.17) is 9.47 Å². The van der Waals surface area contributed by atoms with Crippen LogP contribution in [0.3, 0.4) is 0 Å². The number of benzene rings is 1. The summed E-state index contributed by atoms with van der Waals surface area (Å²) in [5.74, 6) is -0.157. The molecule has 1 saturated carbocycles. The van der Waals surface area contributed by atoms with E-state index in [0.29, 0.717) is 18.3 Å². The van der Waals surface area contributed by atoms with Crippen molar-refractivity contribution in [2.24, 2.45) is 0 Å². The molecular weight excluding hydrogens is 620 g/mol. The summed E-state index contributed by atoms with van der Waals surface area (Å²) in [5.41, 5.74) is -0.710. The first-order chi connectivity index (χ1) is 22.6. The lowest BCUT2D eigenvalue weighted by Crippen LogP contribution is -2.60. The molecule has 0 radical (unpaired) electrons. The van der Waals surface area contributed by atoms with Gasteiger partial charge < -0.3 is 35.2 Å². The van der Waals surface area contributed by atoms with Gasteiger partial charge >= 0.3 is 23.9 Å². The molecule has 262 valence electrons. The third kappa shape index (κ3) is 10.2. The molecular formula is C33H48N8O7. The fourth-order valence-electron chi connectivity index (χ4n) is 5.61. The number of urea groups is 1. The molecule has 0 spiro atoms. The van der Waals surface area contributed by atoms with Gasteiger partial charge in [-0.2, -0.15) is 4.98 Å². The maximum atomic E-state index is 13.1. The van der Waals surface area contributed by atoms with Gasteiger partial charge in [-0.25, -0.2) is 19.2 Å². The Morgan fingerprint density at radius 2 is 1.50 bits per heavy atom. The minimum atomic E-state index is -1.19. The van der Waals surface area contributed by atoms with E-state index >= 15 is 0 Å². The zero-order valence-corrected chi connectivity index (χ0v) is 28.6. The van der Waals surface area contributed by atoms with Gasteiger partial charge in [0.25, 0.3) is 0 Å². The first-order valence-corrected chi connectivity index (χ1v) is 16.3. The highest BCUT2D eigenvalue weighted by atomic mass is 16.6. The normalized spacial score (nSPS) is 18.5. The maximum absolute atomic E-state index is 13.1. The molecule has 0 unspecified atom stereocenters. The van der Waals surface area contributed by atoms with Gasteiger partial charge in [-0.1, -0.05) is 12.1 Å². The van der Waals surface area contributed by atoms with Crippen LogP contribution in [-0.4, -0.2) is 100.0 Å². The fourth-order valence-corrected chi connectivity index (χ4v) is 5.61. The number of anilines is 1. The first kappa shape index (κ1) is 36.2. The van der Waals surface area contributed by atoms with Crippen molar-refractivity contribution in [2.75, 3.05) is 38.5 Å². The lowest BCUT2D eigenvalue weighted by Gasteiger charge is -2.38. The van der Waals surface area contributed by atoms with Gasteiger partial charge in [-0.05, 0) is 84.1 Å². The molecule has 1 aliphatic carbocycles. The second kappa shape index (κ2) is 15.5. The molecule has 4 rings (SSSR count). The van der Waals surface area contributed by atoms with Crippen molar-refractivity contribution in [2.45, 2.75) is 90.1 Å². The SMILES string of the molecule is CNC(=O)OC1CCC(NCc2ccc(-n3ccc(NC(=O)N4CCN(C(=O)C(C)(C)NC(=O)OC(C)(C)C)CC4)nc3=O)cc2)CC1. The highest BCUT2D eigenvalue weighted by Crippen LogP contribution is 2.22. The minimum absolute atomic E-state index is 0.0445. The number of hydrogen-bond donors (Lipinski definition) is 4. The van der Waals surface area contributed by atoms with E-state index in [9.17, 15) is 24.0 Å². The Morgan fingerprint density at radius 1 is 0.875 bits per heavy atom. The summed E-state index contributed by atoms with van der Waals surface area (Å²) in [5, 5.41) is 11.3. The largest absolute Gasteiger partial charge is 0.446 e. The van der Waals surface area contributed by atoms with Crippen LogP contribution in [0.5, 0.6) is 0 Å². The van der Waals surface area contributed by atoms with Crippen molar-refractivity contribution in [3.05, 3.63) is 52.6 Å². The molecule has 5 amide bonds. The summed E-state index contributed by atoms with van der Waals surface area (Å²) in [7, 11) is 1.56. The molecule has 0 atom stereocenters. The zero-order valence-electron chi connectivity index (χ0n) is 28.6. The number of carbonyl (C=O) groups excluding carboxylic acids is 4. The van der Waals surface area contributed by atoms with Crippen molar-refractivity contribution < 1.29 is 28.7 Å². The molecule has 1 aromatic heterocycles. The van der Waals surface area contributed by atoms with Crippen LogP contribution in [0.15, 0.2) is 41.3 Å². The first-order valence-electron chi connectivity index (χ1n) is 16.3. The van der Waals surface area contributed by atoms with Gasteiger partial charge in [0.1, 0.15) is 23.1 Å². The third-order valence-corrected chi connectivity index (χ3v) is 8.20.